The summed E-state index contributed by atoms with van der Waals surface area (Å²) in [5.41, 5.74) is 0.685. The predicted molar refractivity (Wildman–Crippen MR) is 58.5 cm³/mol. The zero-order valence-corrected chi connectivity index (χ0v) is 9.73. The van der Waals surface area contributed by atoms with Crippen molar-refractivity contribution >= 4 is 17.9 Å². The highest BCUT2D eigenvalue weighted by Gasteiger charge is 2.10. The highest BCUT2D eigenvalue weighted by molar-refractivity contribution is 5.95. The number of hydrogen-bond acceptors (Lipinski definition) is 5. The van der Waals surface area contributed by atoms with Gasteiger partial charge in [-0.05, 0) is 6.92 Å². The molecular weight excluding hydrogens is 242 g/mol. The number of aromatic nitrogens is 1. The van der Waals surface area contributed by atoms with Crippen LogP contribution >= 0.6 is 0 Å². The maximum atomic E-state index is 11.2. The van der Waals surface area contributed by atoms with E-state index in [2.05, 4.69) is 10.5 Å². The molecule has 0 aliphatic carbocycles. The Morgan fingerprint density at radius 2 is 2.11 bits per heavy atom. The molecule has 0 unspecified atom stereocenters. The molecule has 0 radical (unpaired) electrons. The molecule has 0 fully saturated rings. The molecule has 1 heterocycles. The summed E-state index contributed by atoms with van der Waals surface area (Å²) < 4.78 is 4.84. The van der Waals surface area contributed by atoms with Crippen molar-refractivity contribution in [2.75, 3.05) is 0 Å². The number of hydrogen-bond donors (Lipinski definition) is 3. The van der Waals surface area contributed by atoms with E-state index in [4.69, 9.17) is 9.63 Å². The number of nitrogens with one attached hydrogen (secondary N) is 2. The molecule has 0 aromatic carbocycles. The second kappa shape index (κ2) is 6.38. The van der Waals surface area contributed by atoms with E-state index in [9.17, 15) is 14.4 Å². The minimum absolute atomic E-state index is 0.0961. The number of nitrogens with zero attached hydrogens (tertiary/aromatic N) is 1. The van der Waals surface area contributed by atoms with Crippen molar-refractivity contribution in [1.82, 2.24) is 15.8 Å². The Hall–Kier alpha value is -2.38. The third-order valence-electron chi connectivity index (χ3n) is 1.92. The second-order valence-electron chi connectivity index (χ2n) is 3.56. The Morgan fingerprint density at radius 3 is 2.67 bits per heavy atom. The molecule has 1 aromatic rings. The quantitative estimate of drug-likeness (QED) is 0.689. The average Bonchev–Trinajstić information content (AvgIpc) is 2.70. The van der Waals surface area contributed by atoms with Crippen molar-refractivity contribution in [3.8, 4) is 0 Å². The zero-order chi connectivity index (χ0) is 13.5. The van der Waals surface area contributed by atoms with E-state index in [1.54, 1.807) is 13.0 Å². The minimum atomic E-state index is -1.09. The van der Waals surface area contributed by atoms with Crippen molar-refractivity contribution in [2.24, 2.45) is 0 Å². The Labute approximate surface area is 102 Å². The van der Waals surface area contributed by atoms with Crippen LogP contribution in [-0.4, -0.2) is 28.2 Å². The van der Waals surface area contributed by atoms with Crippen LogP contribution in [0.5, 0.6) is 0 Å². The first kappa shape index (κ1) is 13.7. The van der Waals surface area contributed by atoms with Crippen LogP contribution in [0.3, 0.4) is 0 Å². The molecule has 1 rings (SSSR count). The standard InChI is InChI=1S/C10H13N3O5/c1-6-4-7(18-13-6)5-11-10(17)12-8(14)2-3-9(15)16/h4H,2-3,5H2,1H3,(H,15,16)(H2,11,12,14,17). The molecule has 0 saturated heterocycles. The second-order valence-corrected chi connectivity index (χ2v) is 3.56. The molecule has 1 aromatic heterocycles. The van der Waals surface area contributed by atoms with E-state index >= 15 is 0 Å². The Kier molecular flexibility index (Phi) is 4.85. The molecule has 0 spiro atoms. The molecule has 3 N–H and O–H groups in total. The van der Waals surface area contributed by atoms with Gasteiger partial charge in [0.15, 0.2) is 5.76 Å². The minimum Gasteiger partial charge on any atom is -0.481 e. The Morgan fingerprint density at radius 1 is 1.39 bits per heavy atom. The van der Waals surface area contributed by atoms with Crippen LogP contribution in [-0.2, 0) is 16.1 Å². The smallest absolute Gasteiger partial charge is 0.321 e. The maximum Gasteiger partial charge on any atom is 0.321 e. The summed E-state index contributed by atoms with van der Waals surface area (Å²) in [4.78, 5) is 32.5. The normalized spacial score (nSPS) is 9.83. The molecule has 0 aliphatic rings. The van der Waals surface area contributed by atoms with Gasteiger partial charge in [-0.1, -0.05) is 5.16 Å². The lowest BCUT2D eigenvalue weighted by Gasteiger charge is -2.03. The first-order chi connectivity index (χ1) is 8.47. The van der Waals surface area contributed by atoms with Crippen LogP contribution in [0.4, 0.5) is 4.79 Å². The largest absolute Gasteiger partial charge is 0.481 e. The Bertz CT molecular complexity index is 454. The van der Waals surface area contributed by atoms with Gasteiger partial charge >= 0.3 is 12.0 Å². The number of carboxylic acids is 1. The van der Waals surface area contributed by atoms with Gasteiger partial charge in [-0.25, -0.2) is 4.79 Å². The zero-order valence-electron chi connectivity index (χ0n) is 9.73. The maximum absolute atomic E-state index is 11.2. The highest BCUT2D eigenvalue weighted by Crippen LogP contribution is 2.00. The molecule has 8 heteroatoms. The first-order valence-corrected chi connectivity index (χ1v) is 5.19. The highest BCUT2D eigenvalue weighted by atomic mass is 16.5. The van der Waals surface area contributed by atoms with Gasteiger partial charge in [0, 0.05) is 12.5 Å². The summed E-state index contributed by atoms with van der Waals surface area (Å²) in [6.07, 6.45) is -0.565. The van der Waals surface area contributed by atoms with Crippen molar-refractivity contribution < 1.29 is 24.0 Å². The number of aryl methyl sites for hydroxylation is 1. The molecule has 0 saturated carbocycles. The van der Waals surface area contributed by atoms with E-state index in [0.29, 0.717) is 11.5 Å². The SMILES string of the molecule is Cc1cc(CNC(=O)NC(=O)CCC(=O)O)on1. The summed E-state index contributed by atoms with van der Waals surface area (Å²) in [5, 5.41) is 16.4. The van der Waals surface area contributed by atoms with Gasteiger partial charge in [-0.3, -0.25) is 14.9 Å². The van der Waals surface area contributed by atoms with Crippen molar-refractivity contribution in [3.05, 3.63) is 17.5 Å². The summed E-state index contributed by atoms with van der Waals surface area (Å²) in [6, 6.07) is 0.937. The molecule has 98 valence electrons. The fourth-order valence-electron chi connectivity index (χ4n) is 1.12. The predicted octanol–water partition coefficient (Wildman–Crippen LogP) is 0.174. The first-order valence-electron chi connectivity index (χ1n) is 5.19. The van der Waals surface area contributed by atoms with Gasteiger partial charge in [0.25, 0.3) is 0 Å². The molecule has 0 aliphatic heterocycles. The number of carboxylic acid groups (broad SMARTS) is 1. The van der Waals surface area contributed by atoms with Gasteiger partial charge in [-0.2, -0.15) is 0 Å². The van der Waals surface area contributed by atoms with Gasteiger partial charge in [0.05, 0.1) is 18.7 Å². The van der Waals surface area contributed by atoms with Gasteiger partial charge in [0.2, 0.25) is 5.91 Å². The van der Waals surface area contributed by atoms with E-state index in [0.717, 1.165) is 0 Å². The van der Waals surface area contributed by atoms with Gasteiger partial charge in [0.1, 0.15) is 0 Å². The molecule has 0 bridgehead atoms. The van der Waals surface area contributed by atoms with E-state index < -0.39 is 17.9 Å². The van der Waals surface area contributed by atoms with Crippen molar-refractivity contribution in [2.45, 2.75) is 26.3 Å². The van der Waals surface area contributed by atoms with Crippen LogP contribution in [0.15, 0.2) is 10.6 Å². The van der Waals surface area contributed by atoms with E-state index in [1.807, 2.05) is 5.32 Å². The van der Waals surface area contributed by atoms with Crippen LogP contribution in [0.1, 0.15) is 24.3 Å². The van der Waals surface area contributed by atoms with Crippen LogP contribution < -0.4 is 10.6 Å². The van der Waals surface area contributed by atoms with Crippen molar-refractivity contribution in [3.63, 3.8) is 0 Å². The number of carbonyl (C=O) groups excluding carboxylic acids is 2. The number of aliphatic carboxylic acids is 1. The number of rotatable bonds is 5. The fourth-order valence-corrected chi connectivity index (χ4v) is 1.12. The van der Waals surface area contributed by atoms with E-state index in [-0.39, 0.29) is 19.4 Å². The number of imide groups is 1. The summed E-state index contributed by atoms with van der Waals surface area (Å²) in [6.45, 7) is 1.83. The van der Waals surface area contributed by atoms with Crippen molar-refractivity contribution in [1.29, 1.82) is 0 Å². The monoisotopic (exact) mass is 255 g/mol. The average molecular weight is 255 g/mol. The summed E-state index contributed by atoms with van der Waals surface area (Å²) >= 11 is 0. The molecule has 0 atom stereocenters. The van der Waals surface area contributed by atoms with Crippen LogP contribution in [0, 0.1) is 6.92 Å². The lowest BCUT2D eigenvalue weighted by molar-refractivity contribution is -0.138. The third-order valence-corrected chi connectivity index (χ3v) is 1.92. The lowest BCUT2D eigenvalue weighted by Crippen LogP contribution is -2.39. The molecule has 18 heavy (non-hydrogen) atoms. The van der Waals surface area contributed by atoms with Gasteiger partial charge in [-0.15, -0.1) is 0 Å². The lowest BCUT2D eigenvalue weighted by atomic mass is 10.3. The van der Waals surface area contributed by atoms with E-state index in [1.165, 1.54) is 0 Å². The number of urea groups is 1. The Balaban J connectivity index is 2.25. The molecular formula is C10H13N3O5. The van der Waals surface area contributed by atoms with Crippen LogP contribution in [0.25, 0.3) is 0 Å². The third kappa shape index (κ3) is 5.10. The fraction of sp³-hybridized carbons (Fsp3) is 0.400. The molecule has 8 nitrogen and oxygen atoms in total. The topological polar surface area (TPSA) is 122 Å². The summed E-state index contributed by atoms with van der Waals surface area (Å²) in [7, 11) is 0. The number of carbonyl (C=O) groups is 3. The summed E-state index contributed by atoms with van der Waals surface area (Å²) in [5.74, 6) is -1.29. The van der Waals surface area contributed by atoms with Gasteiger partial charge < -0.3 is 14.9 Å². The molecule has 3 amide bonds. The van der Waals surface area contributed by atoms with Crippen LogP contribution in [0.2, 0.25) is 0 Å². The number of amides is 3.